The molecule has 4 heteroatoms. The molecule has 0 unspecified atom stereocenters. The Morgan fingerprint density at radius 1 is 1.35 bits per heavy atom. The lowest BCUT2D eigenvalue weighted by molar-refractivity contribution is 0.233. The summed E-state index contributed by atoms with van der Waals surface area (Å²) in [5.74, 6) is 0.904. The van der Waals surface area contributed by atoms with Gasteiger partial charge in [0.25, 0.3) is 0 Å². The third-order valence-electron chi connectivity index (χ3n) is 4.38. The minimum Gasteiger partial charge on any atom is -0.440 e. The number of fused-ring (bicyclic) bond motifs is 1. The van der Waals surface area contributed by atoms with Gasteiger partial charge in [-0.15, -0.1) is 0 Å². The van der Waals surface area contributed by atoms with Crippen molar-refractivity contribution in [2.45, 2.75) is 44.9 Å². The number of hydrogen-bond acceptors (Lipinski definition) is 3. The van der Waals surface area contributed by atoms with Crippen LogP contribution in [0, 0.1) is 6.92 Å². The number of aromatic nitrogens is 1. The fourth-order valence-corrected chi connectivity index (χ4v) is 3.61. The van der Waals surface area contributed by atoms with Crippen molar-refractivity contribution in [2.75, 3.05) is 13.1 Å². The summed E-state index contributed by atoms with van der Waals surface area (Å²) in [6.45, 7) is 6.34. The summed E-state index contributed by atoms with van der Waals surface area (Å²) in [6, 6.07) is 3.84. The molecule has 0 aliphatic carbocycles. The highest BCUT2D eigenvalue weighted by Gasteiger charge is 2.37. The maximum Gasteiger partial charge on any atom is 0.201 e. The van der Waals surface area contributed by atoms with Crippen LogP contribution < -0.4 is 5.32 Å². The molecule has 0 spiro atoms. The number of piperidine rings is 1. The van der Waals surface area contributed by atoms with E-state index in [1.807, 2.05) is 19.1 Å². The van der Waals surface area contributed by atoms with Gasteiger partial charge in [-0.05, 0) is 57.0 Å². The normalized spacial score (nSPS) is 18.6. The molecule has 0 bridgehead atoms. The van der Waals surface area contributed by atoms with Crippen LogP contribution in [0.25, 0.3) is 11.1 Å². The first-order chi connectivity index (χ1) is 9.64. The molecule has 0 atom stereocenters. The second-order valence-corrected chi connectivity index (χ2v) is 6.31. The topological polar surface area (TPSA) is 38.1 Å². The van der Waals surface area contributed by atoms with E-state index in [2.05, 4.69) is 12.2 Å². The van der Waals surface area contributed by atoms with E-state index in [-0.39, 0.29) is 5.41 Å². The van der Waals surface area contributed by atoms with E-state index in [1.54, 1.807) is 0 Å². The number of aryl methyl sites for hydroxylation is 1. The van der Waals surface area contributed by atoms with E-state index in [1.165, 1.54) is 0 Å². The Balaban J connectivity index is 2.09. The molecule has 1 fully saturated rings. The summed E-state index contributed by atoms with van der Waals surface area (Å²) in [6.07, 6.45) is 4.48. The average Bonchev–Trinajstić information content (AvgIpc) is 2.85. The first-order valence-corrected chi connectivity index (χ1v) is 7.80. The largest absolute Gasteiger partial charge is 0.440 e. The van der Waals surface area contributed by atoms with Gasteiger partial charge in [0.2, 0.25) is 5.89 Å². The Labute approximate surface area is 124 Å². The van der Waals surface area contributed by atoms with E-state index in [0.717, 1.165) is 66.3 Å². The number of nitrogens with zero attached hydrogens (tertiary/aromatic N) is 1. The minimum absolute atomic E-state index is 0.0952. The van der Waals surface area contributed by atoms with Crippen LogP contribution >= 0.6 is 11.6 Å². The summed E-state index contributed by atoms with van der Waals surface area (Å²) in [7, 11) is 0. The van der Waals surface area contributed by atoms with Gasteiger partial charge < -0.3 is 9.73 Å². The number of oxazole rings is 1. The van der Waals surface area contributed by atoms with Crippen LogP contribution in [-0.2, 0) is 5.41 Å². The lowest BCUT2D eigenvalue weighted by atomic mass is 9.75. The van der Waals surface area contributed by atoms with Gasteiger partial charge in [-0.3, -0.25) is 0 Å². The second kappa shape index (κ2) is 5.38. The maximum atomic E-state index is 6.15. The lowest BCUT2D eigenvalue weighted by Gasteiger charge is -2.34. The van der Waals surface area contributed by atoms with Crippen molar-refractivity contribution in [3.8, 4) is 0 Å². The predicted octanol–water partition coefficient (Wildman–Crippen LogP) is 4.21. The van der Waals surface area contributed by atoms with Gasteiger partial charge in [0.1, 0.15) is 5.52 Å². The average molecular weight is 293 g/mol. The van der Waals surface area contributed by atoms with Crippen molar-refractivity contribution in [3.63, 3.8) is 0 Å². The highest BCUT2D eigenvalue weighted by Crippen LogP contribution is 2.39. The third kappa shape index (κ3) is 2.33. The molecular formula is C16H21ClN2O. The minimum atomic E-state index is 0.0952. The molecule has 1 N–H and O–H groups in total. The van der Waals surface area contributed by atoms with Gasteiger partial charge in [0, 0.05) is 10.4 Å². The molecule has 20 heavy (non-hydrogen) atoms. The summed E-state index contributed by atoms with van der Waals surface area (Å²) in [4.78, 5) is 4.77. The van der Waals surface area contributed by atoms with Crippen molar-refractivity contribution in [2.24, 2.45) is 0 Å². The highest BCUT2D eigenvalue weighted by atomic mass is 35.5. The smallest absolute Gasteiger partial charge is 0.201 e. The van der Waals surface area contributed by atoms with E-state index < -0.39 is 0 Å². The lowest BCUT2D eigenvalue weighted by Crippen LogP contribution is -2.40. The van der Waals surface area contributed by atoms with Gasteiger partial charge in [0.15, 0.2) is 5.58 Å². The number of benzene rings is 1. The summed E-state index contributed by atoms with van der Waals surface area (Å²) in [5, 5.41) is 4.16. The second-order valence-electron chi connectivity index (χ2n) is 5.87. The summed E-state index contributed by atoms with van der Waals surface area (Å²) in [5.41, 5.74) is 2.93. The molecule has 3 nitrogen and oxygen atoms in total. The van der Waals surface area contributed by atoms with Crippen LogP contribution in [0.1, 0.15) is 44.1 Å². The number of nitrogens with one attached hydrogen (secondary N) is 1. The molecular weight excluding hydrogens is 272 g/mol. The quantitative estimate of drug-likeness (QED) is 0.921. The van der Waals surface area contributed by atoms with E-state index in [4.69, 9.17) is 21.0 Å². The number of hydrogen-bond donors (Lipinski definition) is 1. The zero-order valence-electron chi connectivity index (χ0n) is 12.1. The molecule has 1 aliphatic rings. The molecule has 1 aromatic heterocycles. The van der Waals surface area contributed by atoms with Gasteiger partial charge in [0.05, 0.1) is 0 Å². The summed E-state index contributed by atoms with van der Waals surface area (Å²) >= 11 is 6.12. The third-order valence-corrected chi connectivity index (χ3v) is 4.60. The molecule has 2 heterocycles. The Hall–Kier alpha value is -1.06. The van der Waals surface area contributed by atoms with Crippen molar-refractivity contribution >= 4 is 22.7 Å². The van der Waals surface area contributed by atoms with Gasteiger partial charge in [-0.2, -0.15) is 0 Å². The molecule has 1 aromatic carbocycles. The Morgan fingerprint density at radius 3 is 2.80 bits per heavy atom. The van der Waals surface area contributed by atoms with Crippen molar-refractivity contribution in [1.82, 2.24) is 10.3 Å². The van der Waals surface area contributed by atoms with Crippen LogP contribution in [-0.4, -0.2) is 18.1 Å². The van der Waals surface area contributed by atoms with Crippen molar-refractivity contribution in [3.05, 3.63) is 28.6 Å². The van der Waals surface area contributed by atoms with Crippen molar-refractivity contribution < 1.29 is 4.42 Å². The van der Waals surface area contributed by atoms with E-state index in [9.17, 15) is 0 Å². The van der Waals surface area contributed by atoms with Crippen LogP contribution in [0.3, 0.4) is 0 Å². The SMILES string of the molecule is CCCC1(c2nc3cc(Cl)cc(C)c3o2)CCNCC1. The van der Waals surface area contributed by atoms with Crippen LogP contribution in [0.4, 0.5) is 0 Å². The predicted molar refractivity (Wildman–Crippen MR) is 82.4 cm³/mol. The molecule has 3 rings (SSSR count). The van der Waals surface area contributed by atoms with E-state index >= 15 is 0 Å². The molecule has 1 aliphatic heterocycles. The highest BCUT2D eigenvalue weighted by molar-refractivity contribution is 6.31. The number of halogens is 1. The molecule has 1 saturated heterocycles. The van der Waals surface area contributed by atoms with Crippen molar-refractivity contribution in [1.29, 1.82) is 0 Å². The van der Waals surface area contributed by atoms with Crippen LogP contribution in [0.15, 0.2) is 16.5 Å². The zero-order chi connectivity index (χ0) is 14.2. The zero-order valence-corrected chi connectivity index (χ0v) is 12.9. The first kappa shape index (κ1) is 13.9. The first-order valence-electron chi connectivity index (χ1n) is 7.42. The Morgan fingerprint density at radius 2 is 2.10 bits per heavy atom. The van der Waals surface area contributed by atoms with Gasteiger partial charge in [-0.25, -0.2) is 4.98 Å². The molecule has 108 valence electrons. The monoisotopic (exact) mass is 292 g/mol. The molecule has 0 amide bonds. The van der Waals surface area contributed by atoms with Crippen LogP contribution in [0.5, 0.6) is 0 Å². The van der Waals surface area contributed by atoms with Gasteiger partial charge >= 0.3 is 0 Å². The van der Waals surface area contributed by atoms with E-state index in [0.29, 0.717) is 0 Å². The molecule has 0 saturated carbocycles. The Kier molecular flexibility index (Phi) is 3.74. The molecule has 2 aromatic rings. The Bertz CT molecular complexity index is 609. The maximum absolute atomic E-state index is 6.15. The summed E-state index contributed by atoms with van der Waals surface area (Å²) < 4.78 is 6.15. The van der Waals surface area contributed by atoms with Crippen LogP contribution in [0.2, 0.25) is 5.02 Å². The van der Waals surface area contributed by atoms with Gasteiger partial charge in [-0.1, -0.05) is 24.9 Å². The standard InChI is InChI=1S/C16H21ClN2O/c1-3-4-16(5-7-18-8-6-16)15-19-13-10-12(17)9-11(2)14(13)20-15/h9-10,18H,3-8H2,1-2H3. The number of rotatable bonds is 3. The fraction of sp³-hybridized carbons (Fsp3) is 0.562. The fourth-order valence-electron chi connectivity index (χ4n) is 3.34. The molecule has 0 radical (unpaired) electrons.